The van der Waals surface area contributed by atoms with Crippen molar-refractivity contribution in [1.29, 1.82) is 5.26 Å². The number of rotatable bonds is 6. The van der Waals surface area contributed by atoms with Gasteiger partial charge in [-0.15, -0.1) is 0 Å². The molecule has 0 aliphatic carbocycles. The lowest BCUT2D eigenvalue weighted by atomic mass is 10.1. The summed E-state index contributed by atoms with van der Waals surface area (Å²) in [5.41, 5.74) is 4.07. The van der Waals surface area contributed by atoms with Crippen LogP contribution in [0, 0.1) is 18.3 Å². The number of nitrogens with zero attached hydrogens (tertiary/aromatic N) is 3. The summed E-state index contributed by atoms with van der Waals surface area (Å²) in [7, 11) is 0. The van der Waals surface area contributed by atoms with Crippen molar-refractivity contribution in [1.82, 2.24) is 4.90 Å². The zero-order valence-electron chi connectivity index (χ0n) is 19.4. The molecule has 35 heavy (non-hydrogen) atoms. The predicted octanol–water partition coefficient (Wildman–Crippen LogP) is 6.25. The molecule has 1 amide bonds. The second-order valence-electron chi connectivity index (χ2n) is 8.38. The molecule has 3 aromatic carbocycles. The second-order valence-corrected chi connectivity index (χ2v) is 9.64. The Labute approximate surface area is 219 Å². The van der Waals surface area contributed by atoms with Crippen LogP contribution in [0.4, 0.5) is 5.69 Å². The van der Waals surface area contributed by atoms with Crippen LogP contribution in [0.1, 0.15) is 16.7 Å². The quantitative estimate of drug-likeness (QED) is 0.269. The van der Waals surface area contributed by atoms with Gasteiger partial charge in [-0.3, -0.25) is 4.79 Å². The van der Waals surface area contributed by atoms with Crippen molar-refractivity contribution < 1.29 is 9.53 Å². The van der Waals surface area contributed by atoms with E-state index in [2.05, 4.69) is 45.1 Å². The molecule has 1 heterocycles. The molecule has 0 atom stereocenters. The average molecular weight is 551 g/mol. The summed E-state index contributed by atoms with van der Waals surface area (Å²) in [6.07, 6.45) is 1.58. The number of piperazine rings is 1. The highest BCUT2D eigenvalue weighted by atomic mass is 79.9. The van der Waals surface area contributed by atoms with Crippen LogP contribution in [0.2, 0.25) is 5.02 Å². The molecule has 1 fully saturated rings. The van der Waals surface area contributed by atoms with E-state index in [4.69, 9.17) is 16.3 Å². The van der Waals surface area contributed by atoms with Crippen molar-refractivity contribution in [3.05, 3.63) is 98.5 Å². The number of amides is 1. The fraction of sp³-hybridized carbons (Fsp3) is 0.214. The number of carbonyl (C=O) groups excluding carboxylic acids is 1. The van der Waals surface area contributed by atoms with E-state index in [1.807, 2.05) is 43.3 Å². The van der Waals surface area contributed by atoms with Crippen molar-refractivity contribution >= 4 is 45.2 Å². The van der Waals surface area contributed by atoms with E-state index in [1.54, 1.807) is 23.1 Å². The van der Waals surface area contributed by atoms with E-state index < -0.39 is 0 Å². The van der Waals surface area contributed by atoms with Crippen LogP contribution in [0.25, 0.3) is 6.08 Å². The number of ether oxygens (including phenoxy) is 1. The summed E-state index contributed by atoms with van der Waals surface area (Å²) < 4.78 is 6.60. The first-order chi connectivity index (χ1) is 16.9. The van der Waals surface area contributed by atoms with Crippen LogP contribution < -0.4 is 9.64 Å². The van der Waals surface area contributed by atoms with E-state index in [0.29, 0.717) is 40.5 Å². The maximum atomic E-state index is 13.0. The van der Waals surface area contributed by atoms with Gasteiger partial charge < -0.3 is 14.5 Å². The fourth-order valence-corrected chi connectivity index (χ4v) is 5.03. The lowest BCUT2D eigenvalue weighted by Crippen LogP contribution is -2.49. The average Bonchev–Trinajstić information content (AvgIpc) is 2.87. The molecule has 1 saturated heterocycles. The smallest absolute Gasteiger partial charge is 0.264 e. The third kappa shape index (κ3) is 6.25. The largest absolute Gasteiger partial charge is 0.486 e. The maximum Gasteiger partial charge on any atom is 0.264 e. The van der Waals surface area contributed by atoms with Crippen molar-refractivity contribution in [3.8, 4) is 11.8 Å². The molecule has 178 valence electrons. The summed E-state index contributed by atoms with van der Waals surface area (Å²) in [5, 5.41) is 10.1. The van der Waals surface area contributed by atoms with Gasteiger partial charge in [0.05, 0.1) is 9.50 Å². The Hall–Kier alpha value is -3.27. The molecule has 3 aromatic rings. The number of hydrogen-bond donors (Lipinski definition) is 0. The first-order valence-corrected chi connectivity index (χ1v) is 12.5. The van der Waals surface area contributed by atoms with Gasteiger partial charge in [0.15, 0.2) is 5.75 Å². The lowest BCUT2D eigenvalue weighted by Gasteiger charge is -2.36. The second kappa shape index (κ2) is 11.4. The van der Waals surface area contributed by atoms with Crippen LogP contribution >= 0.6 is 27.5 Å². The summed E-state index contributed by atoms with van der Waals surface area (Å²) in [4.78, 5) is 17.0. The van der Waals surface area contributed by atoms with Crippen molar-refractivity contribution in [3.63, 3.8) is 0 Å². The minimum atomic E-state index is -0.271. The summed E-state index contributed by atoms with van der Waals surface area (Å²) in [6.45, 7) is 4.97. The van der Waals surface area contributed by atoms with Gasteiger partial charge in [-0.05, 0) is 64.3 Å². The van der Waals surface area contributed by atoms with Crippen LogP contribution in [0.15, 0.2) is 76.8 Å². The molecule has 0 aromatic heterocycles. The third-order valence-corrected chi connectivity index (χ3v) is 6.71. The van der Waals surface area contributed by atoms with E-state index in [-0.39, 0.29) is 11.5 Å². The molecule has 0 saturated carbocycles. The van der Waals surface area contributed by atoms with E-state index >= 15 is 0 Å². The normalized spacial score (nSPS) is 13.9. The molecule has 1 aliphatic heterocycles. The Bertz CT molecular complexity index is 1260. The monoisotopic (exact) mass is 549 g/mol. The fourth-order valence-electron chi connectivity index (χ4n) is 4.04. The topological polar surface area (TPSA) is 56.6 Å². The van der Waals surface area contributed by atoms with Gasteiger partial charge in [-0.2, -0.15) is 5.26 Å². The summed E-state index contributed by atoms with van der Waals surface area (Å²) >= 11 is 10.0. The predicted molar refractivity (Wildman–Crippen MR) is 143 cm³/mol. The molecular formula is C28H25BrClN3O2. The molecule has 0 spiro atoms. The number of para-hydroxylation sites is 1. The van der Waals surface area contributed by atoms with Crippen molar-refractivity contribution in [2.24, 2.45) is 0 Å². The lowest BCUT2D eigenvalue weighted by molar-refractivity contribution is -0.126. The minimum Gasteiger partial charge on any atom is -0.486 e. The SMILES string of the molecule is Cc1cccc(COc2c(Cl)cc(/C=C(/C#N)C(=O)N3CCN(c4ccccc4)CC3)cc2Br)c1. The van der Waals surface area contributed by atoms with Crippen LogP contribution in [-0.4, -0.2) is 37.0 Å². The standard InChI is InChI=1S/C28H25BrClN3O2/c1-20-6-5-7-21(14-20)19-35-27-25(29)16-22(17-26(27)30)15-23(18-31)28(34)33-12-10-32(11-13-33)24-8-3-2-4-9-24/h2-9,14-17H,10-13,19H2,1H3/b23-15-. The molecule has 0 radical (unpaired) electrons. The third-order valence-electron chi connectivity index (χ3n) is 5.84. The van der Waals surface area contributed by atoms with Gasteiger partial charge in [-0.1, -0.05) is 59.6 Å². The highest BCUT2D eigenvalue weighted by molar-refractivity contribution is 9.10. The maximum absolute atomic E-state index is 13.0. The Morgan fingerprint density at radius 2 is 1.83 bits per heavy atom. The molecule has 0 unspecified atom stereocenters. The number of carbonyl (C=O) groups is 1. The number of nitriles is 1. The van der Waals surface area contributed by atoms with Gasteiger partial charge in [0, 0.05) is 31.9 Å². The minimum absolute atomic E-state index is 0.0783. The Kier molecular flexibility index (Phi) is 8.12. The zero-order valence-corrected chi connectivity index (χ0v) is 21.7. The number of benzene rings is 3. The highest BCUT2D eigenvalue weighted by Crippen LogP contribution is 2.36. The van der Waals surface area contributed by atoms with Crippen LogP contribution in [-0.2, 0) is 11.4 Å². The van der Waals surface area contributed by atoms with Gasteiger partial charge in [0.2, 0.25) is 0 Å². The molecule has 7 heteroatoms. The molecule has 4 rings (SSSR count). The van der Waals surface area contributed by atoms with E-state index in [0.717, 1.165) is 29.9 Å². The molecule has 0 bridgehead atoms. The number of aryl methyl sites for hydroxylation is 1. The van der Waals surface area contributed by atoms with Crippen molar-refractivity contribution in [2.75, 3.05) is 31.1 Å². The first kappa shape index (κ1) is 24.8. The summed E-state index contributed by atoms with van der Waals surface area (Å²) in [6, 6.07) is 23.8. The Morgan fingerprint density at radius 1 is 1.09 bits per heavy atom. The van der Waals surface area contributed by atoms with Gasteiger partial charge in [0.1, 0.15) is 18.2 Å². The number of anilines is 1. The zero-order chi connectivity index (χ0) is 24.8. The molecule has 5 nitrogen and oxygen atoms in total. The first-order valence-electron chi connectivity index (χ1n) is 11.3. The van der Waals surface area contributed by atoms with Crippen LogP contribution in [0.3, 0.4) is 0 Å². The molecule has 1 aliphatic rings. The summed E-state index contributed by atoms with van der Waals surface area (Å²) in [5.74, 6) is 0.249. The van der Waals surface area contributed by atoms with E-state index in [9.17, 15) is 10.1 Å². The van der Waals surface area contributed by atoms with Gasteiger partial charge >= 0.3 is 0 Å². The van der Waals surface area contributed by atoms with Crippen LogP contribution in [0.5, 0.6) is 5.75 Å². The molecular weight excluding hydrogens is 526 g/mol. The Balaban J connectivity index is 1.43. The molecule has 0 N–H and O–H groups in total. The number of hydrogen-bond acceptors (Lipinski definition) is 4. The van der Waals surface area contributed by atoms with Gasteiger partial charge in [0.25, 0.3) is 5.91 Å². The Morgan fingerprint density at radius 3 is 2.49 bits per heavy atom. The number of halogens is 2. The van der Waals surface area contributed by atoms with Crippen molar-refractivity contribution in [2.45, 2.75) is 13.5 Å². The van der Waals surface area contributed by atoms with Gasteiger partial charge in [-0.25, -0.2) is 0 Å². The van der Waals surface area contributed by atoms with E-state index in [1.165, 1.54) is 0 Å². The highest BCUT2D eigenvalue weighted by Gasteiger charge is 2.24.